The van der Waals surface area contributed by atoms with Crippen LogP contribution < -0.4 is 0 Å². The molecule has 1 aromatic rings. The Kier molecular flexibility index (Phi) is 7.28. The molecule has 0 aromatic heterocycles. The highest BCUT2D eigenvalue weighted by Gasteiger charge is 2.38. The smallest absolute Gasteiger partial charge is 0.410 e. The van der Waals surface area contributed by atoms with Crippen molar-refractivity contribution in [1.29, 1.82) is 0 Å². The monoisotopic (exact) mass is 492 g/mol. The highest BCUT2D eigenvalue weighted by atomic mass is 35.5. The molecule has 2 fully saturated rings. The minimum Gasteiger partial charge on any atom is -0.507 e. The molecular weight excluding hydrogens is 468 g/mol. The molecule has 3 atom stereocenters. The molecule has 0 aliphatic carbocycles. The number of amides is 1. The molecule has 0 spiro atoms. The van der Waals surface area contributed by atoms with E-state index in [0.29, 0.717) is 31.8 Å². The summed E-state index contributed by atoms with van der Waals surface area (Å²) in [6, 6.07) is 0.997. The number of benzene rings is 1. The second kappa shape index (κ2) is 10.4. The van der Waals surface area contributed by atoms with E-state index in [1.54, 1.807) is 19.1 Å². The van der Waals surface area contributed by atoms with Gasteiger partial charge in [0.1, 0.15) is 42.5 Å². The SMILES string of the molecule is CC1CC2OC2\C=C/C=C/C(=N\OCCN2CCOC2=O)Cc2c(Cl)c(O)cc(O)c2C(=O)O1. The molecule has 182 valence electrons. The quantitative estimate of drug-likeness (QED) is 0.284. The summed E-state index contributed by atoms with van der Waals surface area (Å²) < 4.78 is 16.0. The number of cyclic esters (lactones) is 2. The van der Waals surface area contributed by atoms with Gasteiger partial charge in [0.25, 0.3) is 0 Å². The lowest BCUT2D eigenvalue weighted by Gasteiger charge is -2.17. The first-order valence-corrected chi connectivity index (χ1v) is 11.3. The van der Waals surface area contributed by atoms with Crippen molar-refractivity contribution in [3.8, 4) is 11.5 Å². The van der Waals surface area contributed by atoms with Gasteiger partial charge >= 0.3 is 12.1 Å². The van der Waals surface area contributed by atoms with Gasteiger partial charge < -0.3 is 34.2 Å². The van der Waals surface area contributed by atoms with Gasteiger partial charge in [0.05, 0.1) is 29.9 Å². The van der Waals surface area contributed by atoms with Gasteiger partial charge in [0, 0.05) is 18.9 Å². The van der Waals surface area contributed by atoms with E-state index in [-0.39, 0.29) is 47.1 Å². The molecule has 4 rings (SSSR count). The van der Waals surface area contributed by atoms with Gasteiger partial charge in [-0.15, -0.1) is 0 Å². The summed E-state index contributed by atoms with van der Waals surface area (Å²) in [5, 5.41) is 24.6. The number of fused-ring (bicyclic) bond motifs is 2. The van der Waals surface area contributed by atoms with Crippen LogP contribution in [0.1, 0.15) is 29.3 Å². The summed E-state index contributed by atoms with van der Waals surface area (Å²) in [7, 11) is 0. The van der Waals surface area contributed by atoms with E-state index in [1.165, 1.54) is 4.90 Å². The Morgan fingerprint density at radius 1 is 1.26 bits per heavy atom. The van der Waals surface area contributed by atoms with Crippen LogP contribution in [0, 0.1) is 0 Å². The van der Waals surface area contributed by atoms with E-state index >= 15 is 0 Å². The van der Waals surface area contributed by atoms with Crippen LogP contribution in [-0.2, 0) is 25.5 Å². The number of oxime groups is 1. The second-order valence-electron chi connectivity index (χ2n) is 8.11. The molecule has 11 heteroatoms. The van der Waals surface area contributed by atoms with E-state index in [0.717, 1.165) is 6.07 Å². The number of ether oxygens (including phenoxy) is 3. The second-order valence-corrected chi connectivity index (χ2v) is 8.49. The first-order valence-electron chi connectivity index (χ1n) is 10.9. The number of hydrogen-bond acceptors (Lipinski definition) is 9. The number of hydrogen-bond donors (Lipinski definition) is 2. The fourth-order valence-electron chi connectivity index (χ4n) is 3.76. The number of carbonyl (C=O) groups is 2. The number of phenols is 2. The summed E-state index contributed by atoms with van der Waals surface area (Å²) in [5.41, 5.74) is 0.345. The first-order chi connectivity index (χ1) is 16.3. The Morgan fingerprint density at radius 3 is 2.85 bits per heavy atom. The third-order valence-electron chi connectivity index (χ3n) is 5.56. The molecule has 0 bridgehead atoms. The lowest BCUT2D eigenvalue weighted by Crippen LogP contribution is -2.27. The lowest BCUT2D eigenvalue weighted by atomic mass is 9.99. The predicted molar refractivity (Wildman–Crippen MR) is 121 cm³/mol. The van der Waals surface area contributed by atoms with Crippen LogP contribution in [0.5, 0.6) is 11.5 Å². The molecule has 3 unspecified atom stereocenters. The Hall–Kier alpha value is -3.24. The molecule has 10 nitrogen and oxygen atoms in total. The van der Waals surface area contributed by atoms with Gasteiger partial charge in [0.2, 0.25) is 0 Å². The molecule has 0 radical (unpaired) electrons. The Morgan fingerprint density at radius 2 is 2.09 bits per heavy atom. The summed E-state index contributed by atoms with van der Waals surface area (Å²) in [6.07, 6.45) is 6.53. The van der Waals surface area contributed by atoms with Crippen LogP contribution in [0.3, 0.4) is 0 Å². The van der Waals surface area contributed by atoms with Crippen LogP contribution in [0.15, 0.2) is 35.5 Å². The maximum Gasteiger partial charge on any atom is 0.410 e. The van der Waals surface area contributed by atoms with Crippen molar-refractivity contribution < 1.29 is 38.9 Å². The van der Waals surface area contributed by atoms with Gasteiger partial charge in [-0.3, -0.25) is 0 Å². The fourth-order valence-corrected chi connectivity index (χ4v) is 3.98. The van der Waals surface area contributed by atoms with Crippen molar-refractivity contribution in [2.45, 2.75) is 38.1 Å². The number of epoxide rings is 1. The zero-order valence-electron chi connectivity index (χ0n) is 18.5. The lowest BCUT2D eigenvalue weighted by molar-refractivity contribution is 0.0305. The zero-order chi connectivity index (χ0) is 24.2. The van der Waals surface area contributed by atoms with Crippen LogP contribution in [0.25, 0.3) is 0 Å². The molecule has 3 aliphatic rings. The van der Waals surface area contributed by atoms with Crippen LogP contribution >= 0.6 is 11.6 Å². The Labute approximate surface area is 201 Å². The van der Waals surface area contributed by atoms with Gasteiger partial charge in [-0.05, 0) is 18.6 Å². The number of rotatable bonds is 4. The minimum atomic E-state index is -0.775. The molecule has 2 N–H and O–H groups in total. The van der Waals surface area contributed by atoms with Crippen molar-refractivity contribution in [2.75, 3.05) is 26.3 Å². The van der Waals surface area contributed by atoms with Crippen molar-refractivity contribution in [1.82, 2.24) is 4.90 Å². The first kappa shape index (κ1) is 23.9. The van der Waals surface area contributed by atoms with E-state index < -0.39 is 23.9 Å². The largest absolute Gasteiger partial charge is 0.507 e. The highest BCUT2D eigenvalue weighted by Crippen LogP contribution is 2.38. The Bertz CT molecular complexity index is 1050. The van der Waals surface area contributed by atoms with Gasteiger partial charge in [-0.25, -0.2) is 9.59 Å². The normalized spacial score (nSPS) is 27.8. The van der Waals surface area contributed by atoms with Crippen molar-refractivity contribution >= 4 is 29.4 Å². The van der Waals surface area contributed by atoms with E-state index in [1.807, 2.05) is 12.2 Å². The number of carbonyl (C=O) groups excluding carboxylic acids is 2. The fraction of sp³-hybridized carbons (Fsp3) is 0.435. The summed E-state index contributed by atoms with van der Waals surface area (Å²) in [6.45, 7) is 2.97. The number of nitrogens with zero attached hydrogens (tertiary/aromatic N) is 2. The van der Waals surface area contributed by atoms with Crippen molar-refractivity contribution in [2.24, 2.45) is 5.16 Å². The summed E-state index contributed by atoms with van der Waals surface area (Å²) in [4.78, 5) is 31.4. The van der Waals surface area contributed by atoms with E-state index in [4.69, 9.17) is 30.6 Å². The topological polar surface area (TPSA) is 130 Å². The van der Waals surface area contributed by atoms with Crippen molar-refractivity contribution in [3.05, 3.63) is 46.5 Å². The standard InChI is InChI=1S/C23H25ClN2O8/c1-13-10-19-18(34-19)5-3-2-4-14(25-32-9-7-26-6-8-31-23(26)30)11-15-20(22(29)33-13)16(27)12-17(28)21(15)24/h2-5,12-13,18-19,27-28H,6-11H2,1H3/b4-2+,5-3-,25-14+. The number of halogens is 1. The molecule has 1 aromatic carbocycles. The molecule has 0 saturated carbocycles. The highest BCUT2D eigenvalue weighted by molar-refractivity contribution is 6.33. The van der Waals surface area contributed by atoms with Gasteiger partial charge in [-0.1, -0.05) is 35.0 Å². The van der Waals surface area contributed by atoms with E-state index in [2.05, 4.69) is 5.16 Å². The minimum absolute atomic E-state index is 0.0434. The molecule has 2 saturated heterocycles. The molecule has 34 heavy (non-hydrogen) atoms. The average Bonchev–Trinajstić information content (AvgIpc) is 3.38. The Balaban J connectivity index is 1.61. The van der Waals surface area contributed by atoms with E-state index in [9.17, 15) is 19.8 Å². The number of esters is 1. The van der Waals surface area contributed by atoms with Gasteiger partial charge in [0.15, 0.2) is 0 Å². The van der Waals surface area contributed by atoms with Crippen molar-refractivity contribution in [3.63, 3.8) is 0 Å². The molecule has 3 heterocycles. The number of allylic oxidation sites excluding steroid dienone is 3. The maximum absolute atomic E-state index is 12.9. The number of phenolic OH excluding ortho intramolecular Hbond substituents is 2. The zero-order valence-corrected chi connectivity index (χ0v) is 19.2. The van der Waals surface area contributed by atoms with Crippen LogP contribution in [0.2, 0.25) is 5.02 Å². The van der Waals surface area contributed by atoms with Gasteiger partial charge in [-0.2, -0.15) is 0 Å². The molecular formula is C23H25ClN2O8. The molecule has 3 aliphatic heterocycles. The average molecular weight is 493 g/mol. The number of aromatic hydroxyl groups is 2. The predicted octanol–water partition coefficient (Wildman–Crippen LogP) is 2.95. The molecule has 1 amide bonds. The maximum atomic E-state index is 12.9. The third kappa shape index (κ3) is 5.63. The summed E-state index contributed by atoms with van der Waals surface area (Å²) >= 11 is 6.31. The van der Waals surface area contributed by atoms with Crippen LogP contribution in [0.4, 0.5) is 4.79 Å². The third-order valence-corrected chi connectivity index (χ3v) is 5.98. The van der Waals surface area contributed by atoms with Crippen LogP contribution in [-0.4, -0.2) is 77.5 Å². The summed E-state index contributed by atoms with van der Waals surface area (Å²) in [5.74, 6) is -1.62.